The molecule has 0 radical (unpaired) electrons. The van der Waals surface area contributed by atoms with Gasteiger partial charge in [-0.2, -0.15) is 0 Å². The van der Waals surface area contributed by atoms with Crippen LogP contribution in [0.4, 0.5) is 0 Å². The lowest BCUT2D eigenvalue weighted by Crippen LogP contribution is -3.00. The average molecular weight is 878 g/mol. The minimum Gasteiger partial charge on any atom is -1.00 e. The SMILES string of the molecule is CCCCCCCC/C=C\CCCCCCCC(=O)OP(N)(=O)OC(=O)CCCCCCC/C=C\CCCCCCCC.CCCn1cc[n+](C)c1.[I-]. The second-order valence-corrected chi connectivity index (χ2v) is 15.9. The Hall–Kier alpha value is -1.45. The number of nitrogens with zero attached hydrogens (tertiary/aromatic N) is 2. The lowest BCUT2D eigenvalue weighted by Gasteiger charge is -2.13. The normalized spacial score (nSPS) is 11.4. The smallest absolute Gasteiger partial charge is 0.514 e. The van der Waals surface area contributed by atoms with Gasteiger partial charge in [-0.3, -0.25) is 9.59 Å². The topological polar surface area (TPSA) is 104 Å². The summed E-state index contributed by atoms with van der Waals surface area (Å²) >= 11 is 0. The van der Waals surface area contributed by atoms with Crippen molar-refractivity contribution >= 4 is 19.7 Å². The summed E-state index contributed by atoms with van der Waals surface area (Å²) in [4.78, 5) is 24.0. The number of halogens is 1. The fraction of sp³-hybridized carbons (Fsp3) is 0.791. The number of nitrogens with two attached hydrogens (primary N) is 1. The van der Waals surface area contributed by atoms with Crippen molar-refractivity contribution in [2.24, 2.45) is 12.6 Å². The van der Waals surface area contributed by atoms with Crippen LogP contribution in [0.15, 0.2) is 43.0 Å². The van der Waals surface area contributed by atoms with Crippen LogP contribution in [0.3, 0.4) is 0 Å². The zero-order valence-corrected chi connectivity index (χ0v) is 37.6. The van der Waals surface area contributed by atoms with Crippen molar-refractivity contribution in [3.8, 4) is 0 Å². The van der Waals surface area contributed by atoms with E-state index in [1.54, 1.807) is 0 Å². The molecule has 8 nitrogen and oxygen atoms in total. The van der Waals surface area contributed by atoms with Crippen LogP contribution in [0, 0.1) is 0 Å². The minimum absolute atomic E-state index is 0. The zero-order valence-electron chi connectivity index (χ0n) is 34.6. The van der Waals surface area contributed by atoms with Gasteiger partial charge in [0.1, 0.15) is 12.4 Å². The number of imidazole rings is 1. The molecule has 0 atom stereocenters. The van der Waals surface area contributed by atoms with Crippen LogP contribution < -0.4 is 34.0 Å². The van der Waals surface area contributed by atoms with Gasteiger partial charge < -0.3 is 33.0 Å². The van der Waals surface area contributed by atoms with Gasteiger partial charge in [-0.15, -0.1) is 0 Å². The molecule has 0 bridgehead atoms. The lowest BCUT2D eigenvalue weighted by atomic mass is 10.1. The Labute approximate surface area is 343 Å². The van der Waals surface area contributed by atoms with Crippen molar-refractivity contribution in [1.29, 1.82) is 0 Å². The molecule has 0 unspecified atom stereocenters. The highest BCUT2D eigenvalue weighted by Gasteiger charge is 2.27. The van der Waals surface area contributed by atoms with E-state index in [9.17, 15) is 14.2 Å². The molecule has 1 heterocycles. The highest BCUT2D eigenvalue weighted by Crippen LogP contribution is 2.40. The minimum atomic E-state index is -4.20. The fourth-order valence-electron chi connectivity index (χ4n) is 5.97. The molecule has 0 saturated carbocycles. The molecule has 0 fully saturated rings. The van der Waals surface area contributed by atoms with Crippen LogP contribution in [-0.2, 0) is 36.8 Å². The van der Waals surface area contributed by atoms with Crippen molar-refractivity contribution in [2.45, 2.75) is 214 Å². The van der Waals surface area contributed by atoms with Crippen LogP contribution in [-0.4, -0.2) is 16.5 Å². The number of aryl methyl sites for hydroxylation is 2. The summed E-state index contributed by atoms with van der Waals surface area (Å²) in [6, 6.07) is 0. The van der Waals surface area contributed by atoms with Crippen molar-refractivity contribution < 1.29 is 51.7 Å². The van der Waals surface area contributed by atoms with E-state index in [-0.39, 0.29) is 36.8 Å². The summed E-state index contributed by atoms with van der Waals surface area (Å²) in [6.07, 6.45) is 47.3. The molecule has 0 aromatic carbocycles. The molecule has 0 aliphatic heterocycles. The van der Waals surface area contributed by atoms with E-state index in [0.29, 0.717) is 12.8 Å². The summed E-state index contributed by atoms with van der Waals surface area (Å²) in [5, 5.41) is 0. The van der Waals surface area contributed by atoms with Gasteiger partial charge in [-0.1, -0.05) is 148 Å². The van der Waals surface area contributed by atoms with E-state index >= 15 is 0 Å². The predicted octanol–water partition coefficient (Wildman–Crippen LogP) is 9.94. The number of unbranched alkanes of at least 4 members (excludes halogenated alkanes) is 22. The number of allylic oxidation sites excluding steroid dienone is 4. The van der Waals surface area contributed by atoms with Gasteiger partial charge in [-0.05, 0) is 70.6 Å². The first-order valence-electron chi connectivity index (χ1n) is 21.4. The summed E-state index contributed by atoms with van der Waals surface area (Å²) < 4.78 is 26.1. The third-order valence-corrected chi connectivity index (χ3v) is 9.97. The first-order valence-corrected chi connectivity index (χ1v) is 23.0. The van der Waals surface area contributed by atoms with E-state index in [0.717, 1.165) is 70.8 Å². The number of carbonyl (C=O) groups excluding carboxylic acids is 2. The molecule has 53 heavy (non-hydrogen) atoms. The van der Waals surface area contributed by atoms with Gasteiger partial charge in [0.15, 0.2) is 0 Å². The van der Waals surface area contributed by atoms with E-state index in [1.807, 2.05) is 7.05 Å². The maximum absolute atomic E-state index is 12.2. The predicted molar refractivity (Wildman–Crippen MR) is 219 cm³/mol. The van der Waals surface area contributed by atoms with Gasteiger partial charge in [0.2, 0.25) is 6.33 Å². The van der Waals surface area contributed by atoms with Gasteiger partial charge in [0, 0.05) is 12.8 Å². The maximum Gasteiger partial charge on any atom is 0.514 e. The molecule has 1 aromatic rings. The van der Waals surface area contributed by atoms with Crippen LogP contribution in [0.25, 0.3) is 0 Å². The standard InChI is InChI=1S/C36H68NO5P.C7H13N2.HI/c1-3-5-7-9-11-13-15-17-19-21-23-25-27-29-31-33-35(38)41-43(37,40)42-36(39)34-32-30-28-26-24-22-20-18-16-14-12-10-8-6-4-2;1-3-4-9-6-5-8(2)7-9;/h17-20H,3-16,21-34H2,1-2H3,(H2,37,40);5-7H,3-4H2,1-2H3;1H/q;+1;/p-1/b19-17-,20-18-;;. The molecule has 2 N–H and O–H groups in total. The molecule has 0 saturated heterocycles. The quantitative estimate of drug-likeness (QED) is 0.0243. The summed E-state index contributed by atoms with van der Waals surface area (Å²) in [7, 11) is -2.16. The molecule has 310 valence electrons. The van der Waals surface area contributed by atoms with Crippen molar-refractivity contribution in [2.75, 3.05) is 0 Å². The Kier molecular flexibility index (Phi) is 40.7. The number of aromatic nitrogens is 2. The van der Waals surface area contributed by atoms with Crippen molar-refractivity contribution in [1.82, 2.24) is 4.57 Å². The first-order chi connectivity index (χ1) is 25.2. The Bertz CT molecular complexity index is 1020. The molecule has 0 spiro atoms. The number of carbonyl (C=O) groups is 2. The van der Waals surface area contributed by atoms with Crippen LogP contribution in [0.1, 0.15) is 207 Å². The fourth-order valence-corrected chi connectivity index (χ4v) is 6.75. The van der Waals surface area contributed by atoms with Crippen LogP contribution in [0.5, 0.6) is 0 Å². The van der Waals surface area contributed by atoms with Crippen molar-refractivity contribution in [3.63, 3.8) is 0 Å². The van der Waals surface area contributed by atoms with Gasteiger partial charge in [0.05, 0.1) is 13.6 Å². The van der Waals surface area contributed by atoms with Gasteiger partial charge >= 0.3 is 19.7 Å². The Morgan fingerprint density at radius 2 is 0.925 bits per heavy atom. The molecule has 0 aliphatic carbocycles. The second-order valence-electron chi connectivity index (χ2n) is 14.5. The molecular weight excluding hydrogens is 796 g/mol. The van der Waals surface area contributed by atoms with E-state index in [1.165, 1.54) is 96.3 Å². The summed E-state index contributed by atoms with van der Waals surface area (Å²) in [5.41, 5.74) is 5.49. The highest BCUT2D eigenvalue weighted by atomic mass is 127. The molecule has 0 aliphatic rings. The number of hydrogen-bond acceptors (Lipinski definition) is 5. The molecular formula is C43H81IN3O5P. The lowest BCUT2D eigenvalue weighted by molar-refractivity contribution is -0.671. The Morgan fingerprint density at radius 1 is 0.585 bits per heavy atom. The monoisotopic (exact) mass is 877 g/mol. The summed E-state index contributed by atoms with van der Waals surface area (Å²) in [5.74, 6) is -1.34. The molecule has 1 aromatic heterocycles. The summed E-state index contributed by atoms with van der Waals surface area (Å²) in [6.45, 7) is 7.80. The largest absolute Gasteiger partial charge is 1.00 e. The van der Waals surface area contributed by atoms with Gasteiger partial charge in [0.25, 0.3) is 0 Å². The average Bonchev–Trinajstić information content (AvgIpc) is 3.52. The first kappa shape index (κ1) is 53.7. The second kappa shape index (κ2) is 40.2. The highest BCUT2D eigenvalue weighted by molar-refractivity contribution is 7.52. The van der Waals surface area contributed by atoms with Crippen LogP contribution in [0.2, 0.25) is 0 Å². The zero-order chi connectivity index (χ0) is 38.4. The Morgan fingerprint density at radius 3 is 1.25 bits per heavy atom. The molecule has 1 rings (SSSR count). The van der Waals surface area contributed by atoms with Crippen molar-refractivity contribution in [3.05, 3.63) is 43.0 Å². The third kappa shape index (κ3) is 40.0. The van der Waals surface area contributed by atoms with E-state index in [2.05, 4.69) is 72.9 Å². The molecule has 10 heteroatoms. The van der Waals surface area contributed by atoms with E-state index < -0.39 is 19.7 Å². The molecule has 0 amide bonds. The van der Waals surface area contributed by atoms with E-state index in [4.69, 9.17) is 14.6 Å². The Balaban J connectivity index is 0. The van der Waals surface area contributed by atoms with Crippen LogP contribution >= 0.6 is 7.75 Å². The maximum atomic E-state index is 12.2. The number of rotatable bonds is 34. The number of hydrogen-bond donors (Lipinski definition) is 1. The van der Waals surface area contributed by atoms with Gasteiger partial charge in [-0.25, -0.2) is 19.2 Å². The third-order valence-electron chi connectivity index (χ3n) is 9.05.